The Bertz CT molecular complexity index is 1370. The Morgan fingerprint density at radius 1 is 1.12 bits per heavy atom. The van der Waals surface area contributed by atoms with Gasteiger partial charge >= 0.3 is 0 Å². The van der Waals surface area contributed by atoms with Crippen LogP contribution >= 0.6 is 0 Å². The Morgan fingerprint density at radius 2 is 1.94 bits per heavy atom. The van der Waals surface area contributed by atoms with Crippen molar-refractivity contribution in [1.82, 2.24) is 9.97 Å². The Kier molecular flexibility index (Phi) is 6.73. The fourth-order valence-electron chi connectivity index (χ4n) is 3.75. The molecule has 7 nitrogen and oxygen atoms in total. The van der Waals surface area contributed by atoms with Gasteiger partial charge in [-0.2, -0.15) is 0 Å². The van der Waals surface area contributed by atoms with E-state index in [9.17, 15) is 14.4 Å². The van der Waals surface area contributed by atoms with Crippen LogP contribution in [0.5, 0.6) is 0 Å². The van der Waals surface area contributed by atoms with Crippen molar-refractivity contribution >= 4 is 51.3 Å². The number of nitrogens with one attached hydrogen (secondary N) is 2. The standard InChI is InChI=1S/C27H24N4O3/c1-3-22(32)11-13-25(34)29-20-7-5-8-21(15-20)30-27-28-16-19-14-18(10-12-23(19)31-27)26-17(2)6-4-9-24(26)33/h3-8,10,12,14-16H,1,9,11,13H2,2H3,(H,29,34)(H,28,30,31). The average molecular weight is 453 g/mol. The molecule has 1 aromatic heterocycles. The third kappa shape index (κ3) is 5.32. The molecular formula is C27H24N4O3. The molecule has 1 aliphatic rings. The van der Waals surface area contributed by atoms with Crippen LogP contribution in [-0.2, 0) is 14.4 Å². The lowest BCUT2D eigenvalue weighted by Crippen LogP contribution is -2.12. The smallest absolute Gasteiger partial charge is 0.227 e. The van der Waals surface area contributed by atoms with Gasteiger partial charge in [0.1, 0.15) is 0 Å². The number of amides is 1. The summed E-state index contributed by atoms with van der Waals surface area (Å²) in [6, 6.07) is 12.9. The van der Waals surface area contributed by atoms with Gasteiger partial charge in [-0.1, -0.05) is 30.9 Å². The van der Waals surface area contributed by atoms with Crippen LogP contribution in [0.4, 0.5) is 17.3 Å². The van der Waals surface area contributed by atoms with Crippen LogP contribution in [0.15, 0.2) is 79.0 Å². The highest BCUT2D eigenvalue weighted by molar-refractivity contribution is 6.23. The summed E-state index contributed by atoms with van der Waals surface area (Å²) in [5.74, 6) is 0.104. The summed E-state index contributed by atoms with van der Waals surface area (Å²) in [6.45, 7) is 5.34. The van der Waals surface area contributed by atoms with E-state index in [4.69, 9.17) is 0 Å². The molecule has 0 saturated carbocycles. The summed E-state index contributed by atoms with van der Waals surface area (Å²) in [6.07, 6.45) is 7.42. The number of allylic oxidation sites excluding steroid dienone is 5. The molecule has 2 N–H and O–H groups in total. The van der Waals surface area contributed by atoms with Crippen LogP contribution < -0.4 is 10.6 Å². The summed E-state index contributed by atoms with van der Waals surface area (Å²) in [5.41, 5.74) is 4.60. The molecule has 0 atom stereocenters. The van der Waals surface area contributed by atoms with Crippen molar-refractivity contribution in [1.29, 1.82) is 0 Å². The number of benzene rings is 2. The largest absolute Gasteiger partial charge is 0.326 e. The molecule has 0 aliphatic heterocycles. The van der Waals surface area contributed by atoms with Gasteiger partial charge in [-0.25, -0.2) is 9.97 Å². The van der Waals surface area contributed by atoms with E-state index < -0.39 is 0 Å². The van der Waals surface area contributed by atoms with E-state index in [1.807, 2.05) is 43.3 Å². The fraction of sp³-hybridized carbons (Fsp3) is 0.148. The highest BCUT2D eigenvalue weighted by atomic mass is 16.2. The van der Waals surface area contributed by atoms with Gasteiger partial charge in [0, 0.05) is 47.8 Å². The highest BCUT2D eigenvalue weighted by Gasteiger charge is 2.17. The molecule has 0 saturated heterocycles. The minimum absolute atomic E-state index is 0.0938. The Hall–Kier alpha value is -4.39. The van der Waals surface area contributed by atoms with Crippen molar-refractivity contribution in [2.45, 2.75) is 26.2 Å². The lowest BCUT2D eigenvalue weighted by Gasteiger charge is -2.13. The third-order valence-electron chi connectivity index (χ3n) is 5.44. The summed E-state index contributed by atoms with van der Waals surface area (Å²) >= 11 is 0. The minimum atomic E-state index is -0.248. The van der Waals surface area contributed by atoms with Gasteiger partial charge < -0.3 is 10.6 Å². The maximum Gasteiger partial charge on any atom is 0.227 e. The molecule has 4 rings (SSSR count). The van der Waals surface area contributed by atoms with Crippen molar-refractivity contribution in [2.24, 2.45) is 0 Å². The second kappa shape index (κ2) is 10.0. The lowest BCUT2D eigenvalue weighted by molar-refractivity contribution is -0.120. The van der Waals surface area contributed by atoms with Gasteiger partial charge in [0.2, 0.25) is 11.9 Å². The van der Waals surface area contributed by atoms with Gasteiger partial charge in [0.25, 0.3) is 0 Å². The van der Waals surface area contributed by atoms with Crippen molar-refractivity contribution in [3.8, 4) is 0 Å². The number of nitrogens with zero attached hydrogens (tertiary/aromatic N) is 2. The highest BCUT2D eigenvalue weighted by Crippen LogP contribution is 2.28. The van der Waals surface area contributed by atoms with Gasteiger partial charge in [-0.3, -0.25) is 14.4 Å². The monoisotopic (exact) mass is 452 g/mol. The lowest BCUT2D eigenvalue weighted by atomic mass is 9.91. The molecule has 7 heteroatoms. The molecule has 3 aromatic rings. The molecular weight excluding hydrogens is 428 g/mol. The Morgan fingerprint density at radius 3 is 2.74 bits per heavy atom. The van der Waals surface area contributed by atoms with E-state index in [1.54, 1.807) is 24.4 Å². The van der Waals surface area contributed by atoms with Crippen LogP contribution in [0, 0.1) is 0 Å². The number of anilines is 3. The van der Waals surface area contributed by atoms with Crippen LogP contribution in [0.2, 0.25) is 0 Å². The first-order valence-electron chi connectivity index (χ1n) is 10.9. The third-order valence-corrected chi connectivity index (χ3v) is 5.44. The Labute approximate surface area is 197 Å². The number of aromatic nitrogens is 2. The minimum Gasteiger partial charge on any atom is -0.326 e. The van der Waals surface area contributed by atoms with Crippen LogP contribution in [-0.4, -0.2) is 27.4 Å². The molecule has 1 heterocycles. The fourth-order valence-corrected chi connectivity index (χ4v) is 3.75. The van der Waals surface area contributed by atoms with Crippen LogP contribution in [0.1, 0.15) is 31.7 Å². The van der Waals surface area contributed by atoms with Crippen LogP contribution in [0.3, 0.4) is 0 Å². The molecule has 170 valence electrons. The molecule has 0 spiro atoms. The van der Waals surface area contributed by atoms with E-state index in [0.29, 0.717) is 23.7 Å². The molecule has 0 unspecified atom stereocenters. The maximum atomic E-state index is 12.4. The zero-order valence-electron chi connectivity index (χ0n) is 18.8. The van der Waals surface area contributed by atoms with Crippen molar-refractivity contribution < 1.29 is 14.4 Å². The summed E-state index contributed by atoms with van der Waals surface area (Å²) in [7, 11) is 0. The Balaban J connectivity index is 1.48. The maximum absolute atomic E-state index is 12.4. The van der Waals surface area contributed by atoms with Gasteiger partial charge in [0.15, 0.2) is 11.6 Å². The van der Waals surface area contributed by atoms with E-state index in [2.05, 4.69) is 27.2 Å². The summed E-state index contributed by atoms with van der Waals surface area (Å²) < 4.78 is 0. The number of hydrogen-bond acceptors (Lipinski definition) is 6. The SMILES string of the molecule is C=CC(=O)CCC(=O)Nc1cccc(Nc2ncc3cc(C4=C(C)C=CCC4=O)ccc3n2)c1. The van der Waals surface area contributed by atoms with Crippen molar-refractivity contribution in [3.05, 3.63) is 84.6 Å². The number of carbonyl (C=O) groups is 3. The zero-order valence-corrected chi connectivity index (χ0v) is 18.8. The molecule has 1 aliphatic carbocycles. The second-order valence-electron chi connectivity index (χ2n) is 7.98. The summed E-state index contributed by atoms with van der Waals surface area (Å²) in [5, 5.41) is 6.76. The first-order chi connectivity index (χ1) is 16.4. The number of ketones is 2. The average Bonchev–Trinajstić information content (AvgIpc) is 2.82. The first-order valence-corrected chi connectivity index (χ1v) is 10.9. The van der Waals surface area contributed by atoms with Gasteiger partial charge in [0.05, 0.1) is 5.52 Å². The zero-order chi connectivity index (χ0) is 24.1. The number of rotatable bonds is 8. The van der Waals surface area contributed by atoms with Gasteiger partial charge in [-0.15, -0.1) is 0 Å². The molecule has 0 radical (unpaired) electrons. The summed E-state index contributed by atoms with van der Waals surface area (Å²) in [4.78, 5) is 44.7. The molecule has 2 aromatic carbocycles. The predicted molar refractivity (Wildman–Crippen MR) is 134 cm³/mol. The van der Waals surface area contributed by atoms with E-state index >= 15 is 0 Å². The number of fused-ring (bicyclic) bond motifs is 1. The van der Waals surface area contributed by atoms with Gasteiger partial charge in [-0.05, 0) is 54.5 Å². The number of Topliss-reactive ketones (excluding diaryl/α,β-unsaturated/α-hetero) is 1. The quantitative estimate of drug-likeness (QED) is 0.459. The molecule has 0 fully saturated rings. The normalized spacial score (nSPS) is 13.1. The van der Waals surface area contributed by atoms with Crippen molar-refractivity contribution in [3.63, 3.8) is 0 Å². The first kappa shape index (κ1) is 22.8. The predicted octanol–water partition coefficient (Wildman–Crippen LogP) is 5.15. The topological polar surface area (TPSA) is 101 Å². The van der Waals surface area contributed by atoms with Crippen molar-refractivity contribution in [2.75, 3.05) is 10.6 Å². The van der Waals surface area contributed by atoms with E-state index in [0.717, 1.165) is 27.6 Å². The molecule has 0 bridgehead atoms. The second-order valence-corrected chi connectivity index (χ2v) is 7.98. The molecule has 1 amide bonds. The van der Waals surface area contributed by atoms with E-state index in [-0.39, 0.29) is 30.3 Å². The number of hydrogen-bond donors (Lipinski definition) is 2. The van der Waals surface area contributed by atoms with Crippen LogP contribution in [0.25, 0.3) is 16.5 Å². The number of carbonyl (C=O) groups excluding carboxylic acids is 3. The van der Waals surface area contributed by atoms with E-state index in [1.165, 1.54) is 6.08 Å². The molecule has 34 heavy (non-hydrogen) atoms.